The minimum absolute atomic E-state index is 0.153. The monoisotopic (exact) mass is 328 g/mol. The maximum absolute atomic E-state index is 11.8. The molecule has 0 amide bonds. The van der Waals surface area contributed by atoms with Crippen molar-refractivity contribution in [2.45, 2.75) is 41.9 Å². The third kappa shape index (κ3) is 4.98. The molecule has 0 radical (unpaired) electrons. The summed E-state index contributed by atoms with van der Waals surface area (Å²) in [6.45, 7) is 0. The van der Waals surface area contributed by atoms with Gasteiger partial charge in [-0.2, -0.15) is 0 Å². The molecule has 0 saturated heterocycles. The van der Waals surface area contributed by atoms with Gasteiger partial charge in [0, 0.05) is 22.9 Å². The molecule has 0 heterocycles. The third-order valence-electron chi connectivity index (χ3n) is 4.23. The molecule has 6 heteroatoms. The Labute approximate surface area is 131 Å². The Morgan fingerprint density at radius 1 is 1.33 bits per heavy atom. The maximum Gasteiger partial charge on any atom is 0.150 e. The number of rotatable bonds is 6. The molecule has 4 nitrogen and oxygen atoms in total. The first kappa shape index (κ1) is 16.8. The number of nitrogens with two attached hydrogens (primary N) is 1. The average Bonchev–Trinajstić information content (AvgIpc) is 2.48. The third-order valence-corrected chi connectivity index (χ3v) is 7.00. The topological polar surface area (TPSA) is 72.2 Å². The first-order chi connectivity index (χ1) is 10.0. The standard InChI is InChI=1S/C15H24N2O2S2/c1-21(18,19)14-9-5-6-12(10-14)15(17-16)11-20-13-7-3-2-4-8-13/h2-4,7-8,12,14-15,17H,5-6,9-11,16H2,1H3. The van der Waals surface area contributed by atoms with Gasteiger partial charge in [0.25, 0.3) is 0 Å². The fourth-order valence-electron chi connectivity index (χ4n) is 2.96. The van der Waals surface area contributed by atoms with Crippen LogP contribution in [0.2, 0.25) is 0 Å². The molecule has 1 fully saturated rings. The zero-order chi connectivity index (χ0) is 15.3. The predicted octanol–water partition coefficient (Wildman–Crippen LogP) is 2.21. The molecule has 1 aliphatic carbocycles. The highest BCUT2D eigenvalue weighted by molar-refractivity contribution is 7.99. The Kier molecular flexibility index (Phi) is 6.10. The molecule has 3 atom stereocenters. The molecular formula is C15H24N2O2S2. The lowest BCUT2D eigenvalue weighted by atomic mass is 9.84. The lowest BCUT2D eigenvalue weighted by Crippen LogP contribution is -2.45. The second-order valence-corrected chi connectivity index (χ2v) is 9.19. The van der Waals surface area contributed by atoms with E-state index in [2.05, 4.69) is 17.6 Å². The first-order valence-electron chi connectivity index (χ1n) is 7.33. The van der Waals surface area contributed by atoms with Crippen molar-refractivity contribution in [1.82, 2.24) is 5.43 Å². The zero-order valence-corrected chi connectivity index (χ0v) is 14.0. The van der Waals surface area contributed by atoms with Gasteiger partial charge >= 0.3 is 0 Å². The number of hydrogen-bond acceptors (Lipinski definition) is 5. The van der Waals surface area contributed by atoms with Crippen molar-refractivity contribution in [3.8, 4) is 0 Å². The molecule has 0 aromatic heterocycles. The minimum atomic E-state index is -2.94. The van der Waals surface area contributed by atoms with Gasteiger partial charge in [-0.3, -0.25) is 11.3 Å². The summed E-state index contributed by atoms with van der Waals surface area (Å²) in [5.41, 5.74) is 2.90. The number of nitrogens with one attached hydrogen (secondary N) is 1. The highest BCUT2D eigenvalue weighted by Crippen LogP contribution is 2.32. The maximum atomic E-state index is 11.8. The molecule has 0 bridgehead atoms. The predicted molar refractivity (Wildman–Crippen MR) is 88.9 cm³/mol. The Morgan fingerprint density at radius 2 is 2.05 bits per heavy atom. The van der Waals surface area contributed by atoms with Crippen LogP contribution < -0.4 is 11.3 Å². The lowest BCUT2D eigenvalue weighted by molar-refractivity contribution is 0.288. The van der Waals surface area contributed by atoms with Crippen LogP contribution in [0.1, 0.15) is 25.7 Å². The molecule has 1 aromatic carbocycles. The quantitative estimate of drug-likeness (QED) is 0.476. The van der Waals surface area contributed by atoms with E-state index in [0.29, 0.717) is 5.92 Å². The van der Waals surface area contributed by atoms with Crippen LogP contribution in [0.15, 0.2) is 35.2 Å². The summed E-state index contributed by atoms with van der Waals surface area (Å²) in [4.78, 5) is 1.22. The second-order valence-electron chi connectivity index (χ2n) is 5.78. The van der Waals surface area contributed by atoms with Crippen molar-refractivity contribution in [2.24, 2.45) is 11.8 Å². The van der Waals surface area contributed by atoms with E-state index in [9.17, 15) is 8.42 Å². The van der Waals surface area contributed by atoms with Gasteiger partial charge in [-0.1, -0.05) is 24.6 Å². The molecule has 1 saturated carbocycles. The summed E-state index contributed by atoms with van der Waals surface area (Å²) in [5.74, 6) is 6.91. The van der Waals surface area contributed by atoms with Crippen LogP contribution in [-0.4, -0.2) is 31.7 Å². The normalized spacial score (nSPS) is 24.7. The Balaban J connectivity index is 1.94. The molecule has 21 heavy (non-hydrogen) atoms. The lowest BCUT2D eigenvalue weighted by Gasteiger charge is -2.33. The molecule has 3 N–H and O–H groups in total. The van der Waals surface area contributed by atoms with E-state index >= 15 is 0 Å². The molecule has 3 unspecified atom stereocenters. The van der Waals surface area contributed by atoms with Crippen LogP contribution in [0.25, 0.3) is 0 Å². The highest BCUT2D eigenvalue weighted by atomic mass is 32.2. The van der Waals surface area contributed by atoms with E-state index in [1.807, 2.05) is 18.2 Å². The van der Waals surface area contributed by atoms with E-state index in [1.54, 1.807) is 11.8 Å². The van der Waals surface area contributed by atoms with Gasteiger partial charge in [-0.05, 0) is 37.3 Å². The van der Waals surface area contributed by atoms with Crippen molar-refractivity contribution in [3.05, 3.63) is 30.3 Å². The van der Waals surface area contributed by atoms with Crippen LogP contribution >= 0.6 is 11.8 Å². The smallest absolute Gasteiger partial charge is 0.150 e. The molecule has 0 spiro atoms. The van der Waals surface area contributed by atoms with Gasteiger partial charge in [0.05, 0.1) is 5.25 Å². The van der Waals surface area contributed by atoms with Gasteiger partial charge in [-0.25, -0.2) is 8.42 Å². The number of benzene rings is 1. The van der Waals surface area contributed by atoms with Crippen LogP contribution in [0.3, 0.4) is 0 Å². The van der Waals surface area contributed by atoms with Crippen LogP contribution in [-0.2, 0) is 9.84 Å². The Bertz CT molecular complexity index is 534. The summed E-state index contributed by atoms with van der Waals surface area (Å²) < 4.78 is 23.5. The van der Waals surface area contributed by atoms with Crippen molar-refractivity contribution >= 4 is 21.6 Å². The summed E-state index contributed by atoms with van der Waals surface area (Å²) in [6.07, 6.45) is 4.89. The van der Waals surface area contributed by atoms with Crippen molar-refractivity contribution in [3.63, 3.8) is 0 Å². The van der Waals surface area contributed by atoms with Gasteiger partial charge in [0.15, 0.2) is 0 Å². The molecule has 1 aliphatic rings. The van der Waals surface area contributed by atoms with E-state index in [0.717, 1.165) is 31.4 Å². The van der Waals surface area contributed by atoms with Crippen LogP contribution in [0.4, 0.5) is 0 Å². The van der Waals surface area contributed by atoms with Gasteiger partial charge in [0.1, 0.15) is 9.84 Å². The number of thioether (sulfide) groups is 1. The van der Waals surface area contributed by atoms with E-state index in [1.165, 1.54) is 11.2 Å². The largest absolute Gasteiger partial charge is 0.271 e. The first-order valence-corrected chi connectivity index (χ1v) is 10.3. The number of hydrazine groups is 1. The van der Waals surface area contributed by atoms with Crippen molar-refractivity contribution < 1.29 is 8.42 Å². The van der Waals surface area contributed by atoms with Gasteiger partial charge < -0.3 is 0 Å². The fourth-order valence-corrected chi connectivity index (χ4v) is 5.24. The molecule has 1 aromatic rings. The molecule has 0 aliphatic heterocycles. The zero-order valence-electron chi connectivity index (χ0n) is 12.4. The SMILES string of the molecule is CS(=O)(=O)C1CCCC(C(CSc2ccccc2)NN)C1. The Hall–Kier alpha value is -0.560. The minimum Gasteiger partial charge on any atom is -0.271 e. The Morgan fingerprint density at radius 3 is 2.67 bits per heavy atom. The molecule has 2 rings (SSSR count). The second kappa shape index (κ2) is 7.63. The van der Waals surface area contributed by atoms with Gasteiger partial charge in [-0.15, -0.1) is 11.8 Å². The van der Waals surface area contributed by atoms with Crippen LogP contribution in [0, 0.1) is 5.92 Å². The highest BCUT2D eigenvalue weighted by Gasteiger charge is 2.32. The van der Waals surface area contributed by atoms with Gasteiger partial charge in [0.2, 0.25) is 0 Å². The van der Waals surface area contributed by atoms with E-state index in [-0.39, 0.29) is 11.3 Å². The van der Waals surface area contributed by atoms with Crippen molar-refractivity contribution in [1.29, 1.82) is 0 Å². The van der Waals surface area contributed by atoms with Crippen LogP contribution in [0.5, 0.6) is 0 Å². The summed E-state index contributed by atoms with van der Waals surface area (Å²) in [6, 6.07) is 10.4. The summed E-state index contributed by atoms with van der Waals surface area (Å²) in [7, 11) is -2.94. The van der Waals surface area contributed by atoms with E-state index < -0.39 is 9.84 Å². The fraction of sp³-hybridized carbons (Fsp3) is 0.600. The van der Waals surface area contributed by atoms with E-state index in [4.69, 9.17) is 5.84 Å². The average molecular weight is 329 g/mol. The summed E-state index contributed by atoms with van der Waals surface area (Å²) in [5, 5.41) is -0.200. The number of sulfone groups is 1. The molecular weight excluding hydrogens is 304 g/mol. The summed E-state index contributed by atoms with van der Waals surface area (Å²) >= 11 is 1.76. The molecule has 118 valence electrons. The number of hydrogen-bond donors (Lipinski definition) is 2. The van der Waals surface area contributed by atoms with Crippen molar-refractivity contribution in [2.75, 3.05) is 12.0 Å².